The van der Waals surface area contributed by atoms with E-state index < -0.39 is 6.10 Å². The van der Waals surface area contributed by atoms with Gasteiger partial charge in [-0.25, -0.2) is 4.98 Å². The van der Waals surface area contributed by atoms with Gasteiger partial charge < -0.3 is 15.2 Å². The van der Waals surface area contributed by atoms with Crippen LogP contribution >= 0.6 is 11.3 Å². The van der Waals surface area contributed by atoms with Crippen LogP contribution in [0.15, 0.2) is 85.1 Å². The van der Waals surface area contributed by atoms with Gasteiger partial charge in [-0.1, -0.05) is 36.4 Å². The number of pyridine rings is 1. The molecule has 1 fully saturated rings. The molecule has 2 aromatic heterocycles. The van der Waals surface area contributed by atoms with Gasteiger partial charge in [0.2, 0.25) is 5.91 Å². The summed E-state index contributed by atoms with van der Waals surface area (Å²) < 4.78 is 7.01. The summed E-state index contributed by atoms with van der Waals surface area (Å²) in [5.41, 5.74) is 3.68. The van der Waals surface area contributed by atoms with Crippen LogP contribution in [0.2, 0.25) is 0 Å². The molecule has 9 heteroatoms. The van der Waals surface area contributed by atoms with Gasteiger partial charge in [-0.3, -0.25) is 19.6 Å². The minimum Gasteiger partial charge on any atom is -0.491 e. The molecule has 3 aromatic carbocycles. The van der Waals surface area contributed by atoms with Crippen LogP contribution in [0.3, 0.4) is 0 Å². The molecule has 1 aliphatic heterocycles. The average molecular weight is 554 g/mol. The molecule has 1 saturated heterocycles. The average Bonchev–Trinajstić information content (AvgIpc) is 3.41. The lowest BCUT2D eigenvalue weighted by Gasteiger charge is -2.35. The van der Waals surface area contributed by atoms with Gasteiger partial charge in [0.25, 0.3) is 0 Å². The number of nitrogens with one attached hydrogen (secondary N) is 1. The Morgan fingerprint density at radius 1 is 0.950 bits per heavy atom. The highest BCUT2D eigenvalue weighted by molar-refractivity contribution is 7.21. The van der Waals surface area contributed by atoms with E-state index in [0.717, 1.165) is 63.6 Å². The number of ether oxygens (including phenoxy) is 1. The molecule has 2 N–H and O–H groups in total. The number of nitrogens with zero attached hydrogens (tertiary/aromatic N) is 4. The summed E-state index contributed by atoms with van der Waals surface area (Å²) in [5.74, 6) is 0.674. The lowest BCUT2D eigenvalue weighted by atomic mass is 10.2. The van der Waals surface area contributed by atoms with Crippen LogP contribution in [0.25, 0.3) is 31.7 Å². The van der Waals surface area contributed by atoms with Crippen molar-refractivity contribution in [3.63, 3.8) is 0 Å². The topological polar surface area (TPSA) is 90.8 Å². The minimum atomic E-state index is -0.608. The first-order valence-electron chi connectivity index (χ1n) is 13.5. The summed E-state index contributed by atoms with van der Waals surface area (Å²) in [6, 6.07) is 25.6. The molecule has 3 heterocycles. The molecular formula is C31H31N5O3S. The van der Waals surface area contributed by atoms with Crippen molar-refractivity contribution in [2.24, 2.45) is 0 Å². The van der Waals surface area contributed by atoms with Crippen molar-refractivity contribution in [3.05, 3.63) is 85.1 Å². The maximum Gasteiger partial charge on any atom is 0.238 e. The second-order valence-electron chi connectivity index (χ2n) is 10.0. The SMILES string of the molecule is O=C(CN1CCN(C[C@@H](O)COc2ccc3sc(-c4ccccc4)nc3c2)CC1)Nc1ccc2ncccc2c1. The molecular weight excluding hydrogens is 522 g/mol. The predicted octanol–water partition coefficient (Wildman–Crippen LogP) is 4.51. The van der Waals surface area contributed by atoms with Crippen LogP contribution in [0, 0.1) is 0 Å². The van der Waals surface area contributed by atoms with Gasteiger partial charge in [0, 0.05) is 61.6 Å². The second kappa shape index (κ2) is 12.1. The van der Waals surface area contributed by atoms with Crippen molar-refractivity contribution in [2.75, 3.05) is 51.2 Å². The molecule has 0 radical (unpaired) electrons. The number of aliphatic hydroxyl groups is 1. The Kier molecular flexibility index (Phi) is 7.97. The van der Waals surface area contributed by atoms with Crippen LogP contribution in [0.4, 0.5) is 5.69 Å². The van der Waals surface area contributed by atoms with E-state index in [-0.39, 0.29) is 12.5 Å². The number of benzene rings is 3. The normalized spacial score (nSPS) is 15.3. The van der Waals surface area contributed by atoms with Crippen molar-refractivity contribution in [1.82, 2.24) is 19.8 Å². The molecule has 8 nitrogen and oxygen atoms in total. The maximum atomic E-state index is 12.6. The highest BCUT2D eigenvalue weighted by Gasteiger charge is 2.21. The van der Waals surface area contributed by atoms with E-state index >= 15 is 0 Å². The zero-order valence-electron chi connectivity index (χ0n) is 22.1. The Morgan fingerprint density at radius 2 is 1.77 bits per heavy atom. The summed E-state index contributed by atoms with van der Waals surface area (Å²) in [4.78, 5) is 26.0. The smallest absolute Gasteiger partial charge is 0.238 e. The summed E-state index contributed by atoms with van der Waals surface area (Å²) in [7, 11) is 0. The van der Waals surface area contributed by atoms with Crippen LogP contribution in [0.5, 0.6) is 5.75 Å². The van der Waals surface area contributed by atoms with Gasteiger partial charge in [0.05, 0.1) is 22.3 Å². The van der Waals surface area contributed by atoms with Gasteiger partial charge in [-0.2, -0.15) is 0 Å². The Hall–Kier alpha value is -3.89. The third-order valence-corrected chi connectivity index (χ3v) is 8.10. The first-order chi connectivity index (χ1) is 19.6. The number of aromatic nitrogens is 2. The molecule has 204 valence electrons. The first kappa shape index (κ1) is 26.3. The molecule has 1 aliphatic rings. The number of carbonyl (C=O) groups is 1. The van der Waals surface area contributed by atoms with E-state index in [4.69, 9.17) is 9.72 Å². The fourth-order valence-corrected chi connectivity index (χ4v) is 5.88. The molecule has 40 heavy (non-hydrogen) atoms. The first-order valence-corrected chi connectivity index (χ1v) is 14.3. The monoisotopic (exact) mass is 553 g/mol. The Bertz CT molecular complexity index is 1600. The zero-order valence-corrected chi connectivity index (χ0v) is 22.9. The van der Waals surface area contributed by atoms with Crippen molar-refractivity contribution in [1.29, 1.82) is 0 Å². The van der Waals surface area contributed by atoms with Gasteiger partial charge >= 0.3 is 0 Å². The molecule has 5 aromatic rings. The van der Waals surface area contributed by atoms with Gasteiger partial charge in [0.1, 0.15) is 23.5 Å². The van der Waals surface area contributed by atoms with Gasteiger partial charge in [-0.15, -0.1) is 11.3 Å². The molecule has 0 unspecified atom stereocenters. The fraction of sp³-hybridized carbons (Fsp3) is 0.258. The third kappa shape index (κ3) is 6.46. The number of anilines is 1. The quantitative estimate of drug-likeness (QED) is 0.278. The van der Waals surface area contributed by atoms with Crippen molar-refractivity contribution < 1.29 is 14.6 Å². The molecule has 6 rings (SSSR count). The summed E-state index contributed by atoms with van der Waals surface area (Å²) in [6.45, 7) is 4.21. The van der Waals surface area contributed by atoms with Crippen molar-refractivity contribution in [2.45, 2.75) is 6.10 Å². The number of hydrogen-bond donors (Lipinski definition) is 2. The largest absolute Gasteiger partial charge is 0.491 e. The van der Waals surface area contributed by atoms with E-state index in [2.05, 4.69) is 32.2 Å². The Morgan fingerprint density at radius 3 is 2.62 bits per heavy atom. The molecule has 0 spiro atoms. The minimum absolute atomic E-state index is 0.0295. The van der Waals surface area contributed by atoms with Crippen LogP contribution in [-0.4, -0.2) is 82.8 Å². The van der Waals surface area contributed by atoms with Gasteiger partial charge in [-0.05, 0) is 36.4 Å². The van der Waals surface area contributed by atoms with Crippen LogP contribution in [-0.2, 0) is 4.79 Å². The number of hydrogen-bond acceptors (Lipinski definition) is 8. The second-order valence-corrected chi connectivity index (χ2v) is 11.0. The number of rotatable bonds is 9. The number of aliphatic hydroxyl groups excluding tert-OH is 1. The van der Waals surface area contributed by atoms with E-state index in [1.807, 2.05) is 66.7 Å². The number of carbonyl (C=O) groups excluding carboxylic acids is 1. The highest BCUT2D eigenvalue weighted by atomic mass is 32.1. The number of thiazole rings is 1. The van der Waals surface area contributed by atoms with Crippen LogP contribution < -0.4 is 10.1 Å². The summed E-state index contributed by atoms with van der Waals surface area (Å²) in [6.07, 6.45) is 1.15. The Labute approximate surface area is 236 Å². The number of fused-ring (bicyclic) bond motifs is 2. The summed E-state index contributed by atoms with van der Waals surface area (Å²) in [5, 5.41) is 15.6. The lowest BCUT2D eigenvalue weighted by molar-refractivity contribution is -0.117. The third-order valence-electron chi connectivity index (χ3n) is 7.01. The fourth-order valence-electron chi connectivity index (χ4n) is 4.93. The molecule has 0 aliphatic carbocycles. The Balaban J connectivity index is 0.937. The van der Waals surface area contributed by atoms with Gasteiger partial charge in [0.15, 0.2) is 0 Å². The van der Waals surface area contributed by atoms with Crippen molar-refractivity contribution >= 4 is 44.1 Å². The highest BCUT2D eigenvalue weighted by Crippen LogP contribution is 2.32. The van der Waals surface area contributed by atoms with E-state index in [9.17, 15) is 9.90 Å². The number of amides is 1. The molecule has 1 amide bonds. The predicted molar refractivity (Wildman–Crippen MR) is 160 cm³/mol. The lowest BCUT2D eigenvalue weighted by Crippen LogP contribution is -2.50. The van der Waals surface area contributed by atoms with Crippen LogP contribution in [0.1, 0.15) is 0 Å². The molecule has 0 bridgehead atoms. The number of piperazine rings is 1. The van der Waals surface area contributed by atoms with E-state index in [1.54, 1.807) is 17.5 Å². The standard InChI is InChI=1S/C31H31N5O3S/c37-25(21-39-26-9-11-29-28(18-26)34-31(40-29)22-5-2-1-3-6-22)19-35-13-15-36(16-14-35)20-30(38)33-24-8-10-27-23(17-24)7-4-12-32-27/h1-12,17-18,25,37H,13-16,19-21H2,(H,33,38)/t25-/m1/s1. The molecule has 0 saturated carbocycles. The van der Waals surface area contributed by atoms with E-state index in [1.165, 1.54) is 0 Å². The maximum absolute atomic E-state index is 12.6. The number of β-amino-alcohol motifs (C(OH)–C–C–N with tert-alkyl or cyclic N) is 1. The van der Waals surface area contributed by atoms with E-state index in [0.29, 0.717) is 18.8 Å². The molecule has 1 atom stereocenters. The summed E-state index contributed by atoms with van der Waals surface area (Å²) >= 11 is 1.66. The van der Waals surface area contributed by atoms with Crippen molar-refractivity contribution in [3.8, 4) is 16.3 Å². The zero-order chi connectivity index (χ0) is 27.3.